The van der Waals surface area contributed by atoms with E-state index in [0.29, 0.717) is 0 Å². The summed E-state index contributed by atoms with van der Waals surface area (Å²) < 4.78 is -0.466. The maximum Gasteiger partial charge on any atom is 0.286 e. The third kappa shape index (κ3) is 1.48. The van der Waals surface area contributed by atoms with E-state index in [1.165, 1.54) is 0 Å². The number of imide groups is 1. The maximum absolute atomic E-state index is 11.4. The van der Waals surface area contributed by atoms with Crippen molar-refractivity contribution in [2.45, 2.75) is 37.9 Å². The summed E-state index contributed by atoms with van der Waals surface area (Å²) >= 11 is 1.15. The molecule has 2 amide bonds. The topological polar surface area (TPSA) is 46.2 Å². The van der Waals surface area contributed by atoms with Crippen LogP contribution in [-0.4, -0.2) is 15.9 Å². The second kappa shape index (κ2) is 3.47. The predicted molar refractivity (Wildman–Crippen MR) is 49.1 cm³/mol. The number of amides is 2. The fourth-order valence-electron chi connectivity index (χ4n) is 1.43. The van der Waals surface area contributed by atoms with Crippen molar-refractivity contribution >= 4 is 22.9 Å². The average molecular weight is 187 g/mol. The van der Waals surface area contributed by atoms with Crippen molar-refractivity contribution in [2.75, 3.05) is 0 Å². The Morgan fingerprint density at radius 3 is 2.42 bits per heavy atom. The molecule has 1 saturated heterocycles. The van der Waals surface area contributed by atoms with Crippen LogP contribution in [0.15, 0.2) is 0 Å². The van der Waals surface area contributed by atoms with Gasteiger partial charge in [0, 0.05) is 0 Å². The van der Waals surface area contributed by atoms with Crippen LogP contribution >= 0.6 is 11.8 Å². The molecule has 1 heterocycles. The van der Waals surface area contributed by atoms with Crippen molar-refractivity contribution in [3.05, 3.63) is 0 Å². The van der Waals surface area contributed by atoms with Crippen LogP contribution in [0.25, 0.3) is 0 Å². The Morgan fingerprint density at radius 2 is 2.08 bits per heavy atom. The molecule has 0 aromatic carbocycles. The second-order valence-corrected chi connectivity index (χ2v) is 4.30. The van der Waals surface area contributed by atoms with Crippen LogP contribution in [0.4, 0.5) is 4.79 Å². The number of hydrogen-bond donors (Lipinski definition) is 1. The quantitative estimate of drug-likeness (QED) is 0.734. The van der Waals surface area contributed by atoms with Crippen LogP contribution in [0.2, 0.25) is 0 Å². The summed E-state index contributed by atoms with van der Waals surface area (Å²) in [5.41, 5.74) is 0. The van der Waals surface area contributed by atoms with Crippen molar-refractivity contribution in [1.29, 1.82) is 0 Å². The van der Waals surface area contributed by atoms with E-state index >= 15 is 0 Å². The molecule has 0 aliphatic carbocycles. The highest BCUT2D eigenvalue weighted by Crippen LogP contribution is 2.38. The van der Waals surface area contributed by atoms with E-state index in [1.54, 1.807) is 0 Å². The van der Waals surface area contributed by atoms with Gasteiger partial charge in [0.15, 0.2) is 0 Å². The number of nitrogens with one attached hydrogen (secondary N) is 1. The lowest BCUT2D eigenvalue weighted by atomic mass is 9.99. The van der Waals surface area contributed by atoms with Gasteiger partial charge in [0.05, 0.1) is 0 Å². The molecule has 68 valence electrons. The molecule has 0 aromatic heterocycles. The molecule has 1 aliphatic rings. The lowest BCUT2D eigenvalue weighted by Crippen LogP contribution is -2.35. The van der Waals surface area contributed by atoms with E-state index in [2.05, 4.69) is 5.32 Å². The third-order valence-corrected chi connectivity index (χ3v) is 3.50. The van der Waals surface area contributed by atoms with Crippen LogP contribution in [0.3, 0.4) is 0 Å². The molecule has 0 bridgehead atoms. The lowest BCUT2D eigenvalue weighted by molar-refractivity contribution is -0.122. The molecular formula is C8H13NO2S. The van der Waals surface area contributed by atoms with Gasteiger partial charge in [-0.2, -0.15) is 0 Å². The predicted octanol–water partition coefficient (Wildman–Crippen LogP) is 1.92. The van der Waals surface area contributed by atoms with Crippen molar-refractivity contribution in [2.24, 2.45) is 0 Å². The number of carbonyl (C=O) groups excluding carboxylic acids is 2. The molecule has 0 radical (unpaired) electrons. The largest absolute Gasteiger partial charge is 0.286 e. The normalized spacial score (nSPS) is 29.2. The van der Waals surface area contributed by atoms with E-state index in [9.17, 15) is 9.59 Å². The molecular weight excluding hydrogens is 174 g/mol. The van der Waals surface area contributed by atoms with E-state index in [0.717, 1.165) is 31.0 Å². The fourth-order valence-corrected chi connectivity index (χ4v) is 2.53. The zero-order valence-electron chi connectivity index (χ0n) is 7.35. The molecule has 1 N–H and O–H groups in total. The van der Waals surface area contributed by atoms with Crippen molar-refractivity contribution in [3.63, 3.8) is 0 Å². The highest BCUT2D eigenvalue weighted by molar-refractivity contribution is 8.16. The number of thioether (sulfide) groups is 1. The summed E-state index contributed by atoms with van der Waals surface area (Å²) in [6.45, 7) is 3.97. The molecule has 3 nitrogen and oxygen atoms in total. The standard InChI is InChI=1S/C8H13NO2S/c1-3-5-8(4-2)6(10)9-7(11)12-8/h3-5H2,1-2H3,(H,9,10,11). The van der Waals surface area contributed by atoms with Gasteiger partial charge in [-0.3, -0.25) is 14.9 Å². The van der Waals surface area contributed by atoms with Gasteiger partial charge in [-0.1, -0.05) is 20.3 Å². The Hall–Kier alpha value is -0.510. The summed E-state index contributed by atoms with van der Waals surface area (Å²) in [6.07, 6.45) is 2.44. The minimum atomic E-state index is -0.466. The first-order valence-electron chi connectivity index (χ1n) is 4.19. The SMILES string of the molecule is CCCC1(CC)SC(=O)NC1=O. The van der Waals surface area contributed by atoms with Gasteiger partial charge in [0.1, 0.15) is 4.75 Å². The van der Waals surface area contributed by atoms with Crippen LogP contribution in [0.1, 0.15) is 33.1 Å². The van der Waals surface area contributed by atoms with E-state index in [1.807, 2.05) is 13.8 Å². The second-order valence-electron chi connectivity index (χ2n) is 2.94. The summed E-state index contributed by atoms with van der Waals surface area (Å²) in [5, 5.41) is 2.13. The lowest BCUT2D eigenvalue weighted by Gasteiger charge is -2.20. The molecule has 1 unspecified atom stereocenters. The first-order chi connectivity index (χ1) is 5.64. The fraction of sp³-hybridized carbons (Fsp3) is 0.750. The molecule has 0 saturated carbocycles. The minimum absolute atomic E-state index is 0.109. The molecule has 0 aromatic rings. The van der Waals surface area contributed by atoms with Crippen LogP contribution in [0, 0.1) is 0 Å². The Bertz CT molecular complexity index is 217. The van der Waals surface area contributed by atoms with E-state index in [4.69, 9.17) is 0 Å². The zero-order chi connectivity index (χ0) is 9.19. The van der Waals surface area contributed by atoms with Gasteiger partial charge < -0.3 is 0 Å². The van der Waals surface area contributed by atoms with E-state index in [-0.39, 0.29) is 11.1 Å². The van der Waals surface area contributed by atoms with Crippen molar-refractivity contribution < 1.29 is 9.59 Å². The van der Waals surface area contributed by atoms with Gasteiger partial charge in [0.25, 0.3) is 5.24 Å². The maximum atomic E-state index is 11.4. The molecule has 12 heavy (non-hydrogen) atoms. The van der Waals surface area contributed by atoms with Crippen LogP contribution in [-0.2, 0) is 4.79 Å². The Kier molecular flexibility index (Phi) is 2.77. The van der Waals surface area contributed by atoms with Gasteiger partial charge in [-0.05, 0) is 24.6 Å². The zero-order valence-corrected chi connectivity index (χ0v) is 8.16. The Morgan fingerprint density at radius 1 is 1.42 bits per heavy atom. The first kappa shape index (κ1) is 9.58. The minimum Gasteiger partial charge on any atom is -0.286 e. The van der Waals surface area contributed by atoms with Gasteiger partial charge in [-0.15, -0.1) is 0 Å². The number of rotatable bonds is 3. The molecule has 1 rings (SSSR count). The Labute approximate surface area is 76.3 Å². The van der Waals surface area contributed by atoms with Gasteiger partial charge in [0.2, 0.25) is 5.91 Å². The molecule has 1 fully saturated rings. The molecule has 1 atom stereocenters. The number of hydrogen-bond acceptors (Lipinski definition) is 3. The highest BCUT2D eigenvalue weighted by atomic mass is 32.2. The van der Waals surface area contributed by atoms with Crippen LogP contribution in [0.5, 0.6) is 0 Å². The monoisotopic (exact) mass is 187 g/mol. The first-order valence-corrected chi connectivity index (χ1v) is 5.00. The summed E-state index contributed by atoms with van der Waals surface area (Å²) in [6, 6.07) is 0. The third-order valence-electron chi connectivity index (χ3n) is 2.14. The Balaban J connectivity index is 2.78. The molecule has 4 heteroatoms. The smallest absolute Gasteiger partial charge is 0.286 e. The summed E-state index contributed by atoms with van der Waals surface area (Å²) in [4.78, 5) is 22.3. The van der Waals surface area contributed by atoms with E-state index < -0.39 is 4.75 Å². The van der Waals surface area contributed by atoms with Crippen molar-refractivity contribution in [3.8, 4) is 0 Å². The van der Waals surface area contributed by atoms with Gasteiger partial charge in [-0.25, -0.2) is 0 Å². The molecule has 1 aliphatic heterocycles. The summed E-state index contributed by atoms with van der Waals surface area (Å²) in [7, 11) is 0. The summed E-state index contributed by atoms with van der Waals surface area (Å²) in [5.74, 6) is -0.109. The highest BCUT2D eigenvalue weighted by Gasteiger charge is 2.45. The molecule has 0 spiro atoms. The average Bonchev–Trinajstić information content (AvgIpc) is 2.28. The number of carbonyl (C=O) groups is 2. The van der Waals surface area contributed by atoms with Crippen LogP contribution < -0.4 is 5.32 Å². The van der Waals surface area contributed by atoms with Gasteiger partial charge >= 0.3 is 0 Å². The van der Waals surface area contributed by atoms with Crippen molar-refractivity contribution in [1.82, 2.24) is 5.32 Å².